The Bertz CT molecular complexity index is 631. The van der Waals surface area contributed by atoms with Crippen LogP contribution < -0.4 is 0 Å². The molecule has 0 heterocycles. The predicted molar refractivity (Wildman–Crippen MR) is 124 cm³/mol. The van der Waals surface area contributed by atoms with Crippen LogP contribution in [0.3, 0.4) is 0 Å². The molecule has 1 atom stereocenters. The molecule has 0 aliphatic rings. The molecule has 30 heavy (non-hydrogen) atoms. The van der Waals surface area contributed by atoms with Crippen LogP contribution in [0.2, 0.25) is 0 Å². The zero-order valence-electron chi connectivity index (χ0n) is 19.7. The molecule has 6 heteroatoms. The van der Waals surface area contributed by atoms with Crippen LogP contribution in [0.25, 0.3) is 0 Å². The summed E-state index contributed by atoms with van der Waals surface area (Å²) in [7, 11) is -2.06. The fourth-order valence-corrected chi connectivity index (χ4v) is 3.80. The first-order chi connectivity index (χ1) is 14.2. The maximum Gasteiger partial charge on any atom is 0.180 e. The van der Waals surface area contributed by atoms with Crippen molar-refractivity contribution in [1.82, 2.24) is 0 Å². The molecule has 0 aliphatic heterocycles. The van der Waals surface area contributed by atoms with E-state index in [0.717, 1.165) is 23.1 Å². The minimum Gasteiger partial charge on any atom is -0.744 e. The highest BCUT2D eigenvalue weighted by atomic mass is 32.2. The van der Waals surface area contributed by atoms with Crippen molar-refractivity contribution in [2.75, 3.05) is 26.9 Å². The van der Waals surface area contributed by atoms with Crippen molar-refractivity contribution < 1.29 is 22.6 Å². The lowest BCUT2D eigenvalue weighted by Gasteiger charge is -2.32. The molecule has 1 aromatic rings. The lowest BCUT2D eigenvalue weighted by Crippen LogP contribution is -2.46. The summed E-state index contributed by atoms with van der Waals surface area (Å²) in [6, 6.07) is 5.78. The van der Waals surface area contributed by atoms with Gasteiger partial charge in [0.25, 0.3) is 0 Å². The van der Waals surface area contributed by atoms with E-state index in [0.29, 0.717) is 6.73 Å². The quantitative estimate of drug-likeness (QED) is 0.165. The molecular weight excluding hydrogens is 398 g/mol. The van der Waals surface area contributed by atoms with Crippen molar-refractivity contribution in [3.63, 3.8) is 0 Å². The van der Waals surface area contributed by atoms with Gasteiger partial charge in [-0.2, -0.15) is 0 Å². The summed E-state index contributed by atoms with van der Waals surface area (Å²) in [5.41, 5.74) is 0.928. The Morgan fingerprint density at radius 2 is 1.20 bits per heavy atom. The van der Waals surface area contributed by atoms with Gasteiger partial charge in [0, 0.05) is 0 Å². The Morgan fingerprint density at radius 1 is 0.800 bits per heavy atom. The first-order valence-corrected chi connectivity index (χ1v) is 13.1. The summed E-state index contributed by atoms with van der Waals surface area (Å²) in [5.74, 6) is 0. The van der Waals surface area contributed by atoms with Crippen molar-refractivity contribution in [1.29, 1.82) is 0 Å². The Morgan fingerprint density at radius 3 is 1.57 bits per heavy atom. The van der Waals surface area contributed by atoms with Gasteiger partial charge < -0.3 is 14.1 Å². The maximum atomic E-state index is 10.4. The average molecular weight is 444 g/mol. The van der Waals surface area contributed by atoms with E-state index >= 15 is 0 Å². The highest BCUT2D eigenvalue weighted by Gasteiger charge is 2.18. The van der Waals surface area contributed by atoms with E-state index in [9.17, 15) is 18.1 Å². The van der Waals surface area contributed by atoms with Crippen molar-refractivity contribution >= 4 is 10.1 Å². The lowest BCUT2D eigenvalue weighted by atomic mass is 10.1. The number of nitrogens with zero attached hydrogens (tertiary/aromatic N) is 1. The first kappa shape index (κ1) is 29.1. The molecule has 0 fully saturated rings. The van der Waals surface area contributed by atoms with E-state index in [1.54, 1.807) is 12.1 Å². The standard InChI is InChI=1S/C17H38NO.C7H8O3S/c1-4-6-8-10-12-14-16-18(3,17-19)15-13-11-9-7-5-2;1-6-2-4-7(5-3-6)11(8,9)10/h19H,4-17H2,1-3H3;2-5H,1H3,(H,8,9,10)/q+1;/p-1. The lowest BCUT2D eigenvalue weighted by molar-refractivity contribution is -0.927. The predicted octanol–water partition coefficient (Wildman–Crippen LogP) is 5.61. The maximum absolute atomic E-state index is 10.4. The summed E-state index contributed by atoms with van der Waals surface area (Å²) < 4.78 is 32.0. The first-order valence-electron chi connectivity index (χ1n) is 11.7. The Kier molecular flexibility index (Phi) is 16.2. The summed E-state index contributed by atoms with van der Waals surface area (Å²) in [6.45, 7) is 8.94. The molecule has 1 N–H and O–H groups in total. The number of hydrogen-bond acceptors (Lipinski definition) is 4. The van der Waals surface area contributed by atoms with Gasteiger partial charge in [0.2, 0.25) is 0 Å². The minimum atomic E-state index is -4.27. The highest BCUT2D eigenvalue weighted by Crippen LogP contribution is 2.12. The van der Waals surface area contributed by atoms with Crippen LogP contribution in [0.15, 0.2) is 29.2 Å². The molecule has 0 spiro atoms. The molecule has 0 amide bonds. The molecule has 0 radical (unpaired) electrons. The van der Waals surface area contributed by atoms with Gasteiger partial charge in [-0.15, -0.1) is 0 Å². The molecule has 0 saturated heterocycles. The normalized spacial score (nSPS) is 13.4. The summed E-state index contributed by atoms with van der Waals surface area (Å²) >= 11 is 0. The van der Waals surface area contributed by atoms with E-state index in [2.05, 4.69) is 20.9 Å². The third-order valence-corrected chi connectivity index (χ3v) is 6.35. The number of aryl methyl sites for hydroxylation is 1. The monoisotopic (exact) mass is 443 g/mol. The SMILES string of the molecule is CCCCCCCC[N+](C)(CO)CCCCCCC.Cc1ccc(S(=O)(=O)[O-])cc1. The van der Waals surface area contributed by atoms with Crippen molar-refractivity contribution in [2.24, 2.45) is 0 Å². The molecule has 1 rings (SSSR count). The van der Waals surface area contributed by atoms with Gasteiger partial charge in [0.05, 0.1) is 25.0 Å². The van der Waals surface area contributed by atoms with E-state index in [-0.39, 0.29) is 4.90 Å². The largest absolute Gasteiger partial charge is 0.744 e. The van der Waals surface area contributed by atoms with Crippen LogP contribution in [-0.2, 0) is 10.1 Å². The third-order valence-electron chi connectivity index (χ3n) is 5.50. The zero-order valence-corrected chi connectivity index (χ0v) is 20.6. The average Bonchev–Trinajstić information content (AvgIpc) is 2.70. The van der Waals surface area contributed by atoms with Crippen LogP contribution >= 0.6 is 0 Å². The number of hydrogen-bond donors (Lipinski definition) is 1. The van der Waals surface area contributed by atoms with Crippen LogP contribution in [0.5, 0.6) is 0 Å². The van der Waals surface area contributed by atoms with E-state index < -0.39 is 10.1 Å². The molecule has 5 nitrogen and oxygen atoms in total. The van der Waals surface area contributed by atoms with Gasteiger partial charge in [-0.1, -0.05) is 76.5 Å². The van der Waals surface area contributed by atoms with Gasteiger partial charge in [0.1, 0.15) is 10.1 Å². The van der Waals surface area contributed by atoms with Crippen LogP contribution in [-0.4, -0.2) is 49.4 Å². The molecule has 1 unspecified atom stereocenters. The van der Waals surface area contributed by atoms with E-state index in [1.807, 2.05) is 6.92 Å². The molecule has 0 saturated carbocycles. The number of benzene rings is 1. The van der Waals surface area contributed by atoms with Gasteiger partial charge in [-0.3, -0.25) is 0 Å². The summed E-state index contributed by atoms with van der Waals surface area (Å²) in [6.07, 6.45) is 14.7. The molecule has 0 bridgehead atoms. The van der Waals surface area contributed by atoms with Gasteiger partial charge in [-0.05, 0) is 44.7 Å². The fraction of sp³-hybridized carbons (Fsp3) is 0.750. The molecule has 176 valence electrons. The Labute approximate surface area is 185 Å². The van der Waals surface area contributed by atoms with E-state index in [1.165, 1.54) is 82.8 Å². The third kappa shape index (κ3) is 14.9. The van der Waals surface area contributed by atoms with Crippen molar-refractivity contribution in [3.8, 4) is 0 Å². The number of unbranched alkanes of at least 4 members (excludes halogenated alkanes) is 9. The Balaban J connectivity index is 0.000000642. The summed E-state index contributed by atoms with van der Waals surface area (Å²) in [4.78, 5) is -0.178. The minimum absolute atomic E-state index is 0.178. The smallest absolute Gasteiger partial charge is 0.180 e. The molecule has 0 aromatic heterocycles. The second-order valence-electron chi connectivity index (χ2n) is 8.66. The second kappa shape index (κ2) is 16.7. The van der Waals surface area contributed by atoms with Crippen LogP contribution in [0, 0.1) is 6.92 Å². The van der Waals surface area contributed by atoms with Crippen molar-refractivity contribution in [2.45, 2.75) is 96.3 Å². The highest BCUT2D eigenvalue weighted by molar-refractivity contribution is 7.85. The van der Waals surface area contributed by atoms with Gasteiger partial charge >= 0.3 is 0 Å². The fourth-order valence-electron chi connectivity index (χ4n) is 3.33. The van der Waals surface area contributed by atoms with Gasteiger partial charge in [0.15, 0.2) is 6.73 Å². The molecule has 1 aromatic carbocycles. The molecular formula is C24H45NO4S. The van der Waals surface area contributed by atoms with Crippen LogP contribution in [0.1, 0.15) is 90.0 Å². The number of aliphatic hydroxyl groups excluding tert-OH is 1. The van der Waals surface area contributed by atoms with Gasteiger partial charge in [-0.25, -0.2) is 8.42 Å². The summed E-state index contributed by atoms with van der Waals surface area (Å²) in [5, 5.41) is 9.60. The van der Waals surface area contributed by atoms with Crippen molar-refractivity contribution in [3.05, 3.63) is 29.8 Å². The number of aliphatic hydroxyl groups is 1. The molecule has 0 aliphatic carbocycles. The number of quaternary nitrogens is 1. The topological polar surface area (TPSA) is 77.4 Å². The van der Waals surface area contributed by atoms with E-state index in [4.69, 9.17) is 0 Å². The number of rotatable bonds is 15. The Hall–Kier alpha value is -0.950. The van der Waals surface area contributed by atoms with Crippen LogP contribution in [0.4, 0.5) is 0 Å². The zero-order chi connectivity index (χ0) is 22.9. The second-order valence-corrected chi connectivity index (χ2v) is 10.0.